The van der Waals surface area contributed by atoms with E-state index in [0.29, 0.717) is 25.2 Å². The number of hydrogen-bond acceptors (Lipinski definition) is 4. The average molecular weight is 352 g/mol. The van der Waals surface area contributed by atoms with Crippen LogP contribution in [0.15, 0.2) is 36.4 Å². The van der Waals surface area contributed by atoms with Gasteiger partial charge in [-0.2, -0.15) is 13.2 Å². The van der Waals surface area contributed by atoms with Gasteiger partial charge in [-0.1, -0.05) is 12.1 Å². The van der Waals surface area contributed by atoms with Gasteiger partial charge in [0.2, 0.25) is 5.91 Å². The van der Waals surface area contributed by atoms with Gasteiger partial charge in [-0.15, -0.1) is 10.2 Å². The minimum atomic E-state index is -4.51. The molecule has 0 aliphatic carbocycles. The summed E-state index contributed by atoms with van der Waals surface area (Å²) in [6.07, 6.45) is -4.20. The van der Waals surface area contributed by atoms with Crippen molar-refractivity contribution in [3.63, 3.8) is 0 Å². The van der Waals surface area contributed by atoms with Crippen LogP contribution < -0.4 is 5.32 Å². The fourth-order valence-electron chi connectivity index (χ4n) is 2.27. The van der Waals surface area contributed by atoms with Crippen LogP contribution in [0.3, 0.4) is 0 Å². The minimum Gasteiger partial charge on any atom is -0.343 e. The third-order valence-electron chi connectivity index (χ3n) is 3.65. The Hall–Kier alpha value is -2.64. The lowest BCUT2D eigenvalue weighted by Crippen LogP contribution is -2.31. The van der Waals surface area contributed by atoms with Gasteiger partial charge >= 0.3 is 6.18 Å². The maximum absolute atomic E-state index is 12.4. The number of rotatable bonds is 6. The highest BCUT2D eigenvalue weighted by Crippen LogP contribution is 2.27. The van der Waals surface area contributed by atoms with Crippen LogP contribution in [0.2, 0.25) is 0 Å². The molecule has 0 saturated heterocycles. The van der Waals surface area contributed by atoms with Crippen LogP contribution in [0.1, 0.15) is 25.1 Å². The van der Waals surface area contributed by atoms with Gasteiger partial charge in [0.15, 0.2) is 11.5 Å². The molecule has 8 heteroatoms. The second-order valence-electron chi connectivity index (χ2n) is 5.37. The van der Waals surface area contributed by atoms with E-state index < -0.39 is 11.9 Å². The third kappa shape index (κ3) is 5.17. The molecular formula is C17H19F3N4O. The van der Waals surface area contributed by atoms with Crippen molar-refractivity contribution in [3.8, 4) is 0 Å². The highest BCUT2D eigenvalue weighted by Gasteiger charge is 2.32. The second kappa shape index (κ2) is 7.96. The number of nitrogens with zero attached hydrogens (tertiary/aromatic N) is 3. The van der Waals surface area contributed by atoms with Crippen LogP contribution >= 0.6 is 0 Å². The van der Waals surface area contributed by atoms with E-state index in [2.05, 4.69) is 15.5 Å². The third-order valence-corrected chi connectivity index (χ3v) is 3.65. The quantitative estimate of drug-likeness (QED) is 0.862. The Morgan fingerprint density at radius 2 is 1.68 bits per heavy atom. The molecule has 0 radical (unpaired) electrons. The molecule has 2 aromatic rings. The van der Waals surface area contributed by atoms with Crippen LogP contribution in [0, 0.1) is 0 Å². The summed E-state index contributed by atoms with van der Waals surface area (Å²) < 4.78 is 37.3. The summed E-state index contributed by atoms with van der Waals surface area (Å²) in [5.41, 5.74) is 0.470. The van der Waals surface area contributed by atoms with Gasteiger partial charge in [-0.05, 0) is 43.7 Å². The Morgan fingerprint density at radius 3 is 2.16 bits per heavy atom. The summed E-state index contributed by atoms with van der Waals surface area (Å²) in [5.74, 6) is 0.263. The van der Waals surface area contributed by atoms with Gasteiger partial charge in [-0.3, -0.25) is 4.79 Å². The first-order valence-corrected chi connectivity index (χ1v) is 7.88. The molecule has 134 valence electrons. The minimum absolute atomic E-state index is 0.0549. The molecule has 5 nitrogen and oxygen atoms in total. The number of alkyl halides is 3. The topological polar surface area (TPSA) is 58.1 Å². The number of carbonyl (C=O) groups excluding carboxylic acids is 1. The maximum atomic E-state index is 12.4. The average Bonchev–Trinajstić information content (AvgIpc) is 2.57. The van der Waals surface area contributed by atoms with E-state index in [1.807, 2.05) is 13.8 Å². The van der Waals surface area contributed by atoms with Gasteiger partial charge in [0.25, 0.3) is 0 Å². The monoisotopic (exact) mass is 352 g/mol. The summed E-state index contributed by atoms with van der Waals surface area (Å²) in [6.45, 7) is 5.20. The van der Waals surface area contributed by atoms with Crippen molar-refractivity contribution in [1.29, 1.82) is 0 Å². The molecule has 0 bridgehead atoms. The predicted octanol–water partition coefficient (Wildman–Crippen LogP) is 3.65. The molecule has 0 saturated carbocycles. The molecule has 0 spiro atoms. The smallest absolute Gasteiger partial charge is 0.343 e. The van der Waals surface area contributed by atoms with Crippen LogP contribution in [-0.2, 0) is 17.4 Å². The molecular weight excluding hydrogens is 333 g/mol. The van der Waals surface area contributed by atoms with E-state index in [-0.39, 0.29) is 11.7 Å². The van der Waals surface area contributed by atoms with Crippen molar-refractivity contribution < 1.29 is 18.0 Å². The number of halogens is 3. The van der Waals surface area contributed by atoms with E-state index in [1.54, 1.807) is 29.2 Å². The van der Waals surface area contributed by atoms with Gasteiger partial charge in [0.1, 0.15) is 0 Å². The van der Waals surface area contributed by atoms with Crippen LogP contribution in [0.25, 0.3) is 0 Å². The van der Waals surface area contributed by atoms with E-state index in [4.69, 9.17) is 0 Å². The zero-order valence-electron chi connectivity index (χ0n) is 14.0. The molecule has 1 amide bonds. The van der Waals surface area contributed by atoms with Crippen LogP contribution in [0.4, 0.5) is 24.7 Å². The predicted molar refractivity (Wildman–Crippen MR) is 88.4 cm³/mol. The maximum Gasteiger partial charge on any atom is 0.435 e. The van der Waals surface area contributed by atoms with Gasteiger partial charge in [-0.25, -0.2) is 0 Å². The lowest BCUT2D eigenvalue weighted by Gasteiger charge is -2.18. The first-order valence-electron chi connectivity index (χ1n) is 7.88. The molecule has 2 rings (SSSR count). The number of benzene rings is 1. The summed E-state index contributed by atoms with van der Waals surface area (Å²) in [7, 11) is 0. The van der Waals surface area contributed by atoms with Crippen molar-refractivity contribution in [1.82, 2.24) is 15.1 Å². The lowest BCUT2D eigenvalue weighted by atomic mass is 10.1. The normalized spacial score (nSPS) is 11.2. The van der Waals surface area contributed by atoms with Crippen LogP contribution in [0.5, 0.6) is 0 Å². The summed E-state index contributed by atoms with van der Waals surface area (Å²) in [4.78, 5) is 13.8. The first kappa shape index (κ1) is 18.7. The van der Waals surface area contributed by atoms with Gasteiger partial charge in [0, 0.05) is 18.8 Å². The number of hydrogen-bond donors (Lipinski definition) is 1. The SMILES string of the molecule is CCN(CC)C(=O)Cc1ccc(Nc2ccc(C(F)(F)F)nn2)cc1. The lowest BCUT2D eigenvalue weighted by molar-refractivity contribution is -0.141. The van der Waals surface area contributed by atoms with E-state index >= 15 is 0 Å². The Morgan fingerprint density at radius 1 is 1.04 bits per heavy atom. The largest absolute Gasteiger partial charge is 0.435 e. The standard InChI is InChI=1S/C17H19F3N4O/c1-3-24(4-2)16(25)11-12-5-7-13(8-6-12)21-15-10-9-14(22-23-15)17(18,19)20/h5-10H,3-4,11H2,1-2H3,(H,21,23). The summed E-state index contributed by atoms with van der Waals surface area (Å²) in [6, 6.07) is 9.15. The van der Waals surface area contributed by atoms with E-state index in [9.17, 15) is 18.0 Å². The molecule has 0 atom stereocenters. The highest BCUT2D eigenvalue weighted by atomic mass is 19.4. The molecule has 1 aromatic heterocycles. The van der Waals surface area contributed by atoms with Gasteiger partial charge < -0.3 is 10.2 Å². The number of aromatic nitrogens is 2. The van der Waals surface area contributed by atoms with Gasteiger partial charge in [0.05, 0.1) is 6.42 Å². The number of likely N-dealkylation sites (N-methyl/N-ethyl adjacent to an activating group) is 1. The fraction of sp³-hybridized carbons (Fsp3) is 0.353. The Labute approximate surface area is 143 Å². The molecule has 0 aliphatic rings. The molecule has 1 aromatic carbocycles. The molecule has 0 fully saturated rings. The zero-order valence-corrected chi connectivity index (χ0v) is 14.0. The molecule has 0 aliphatic heterocycles. The molecule has 1 heterocycles. The van der Waals surface area contributed by atoms with E-state index in [0.717, 1.165) is 11.6 Å². The summed E-state index contributed by atoms with van der Waals surface area (Å²) in [5, 5.41) is 9.54. The second-order valence-corrected chi connectivity index (χ2v) is 5.37. The van der Waals surface area contributed by atoms with Crippen molar-refractivity contribution in [3.05, 3.63) is 47.7 Å². The van der Waals surface area contributed by atoms with Crippen molar-refractivity contribution in [2.75, 3.05) is 18.4 Å². The molecule has 1 N–H and O–H groups in total. The number of amides is 1. The Kier molecular flexibility index (Phi) is 5.95. The number of carbonyl (C=O) groups is 1. The van der Waals surface area contributed by atoms with Crippen molar-refractivity contribution >= 4 is 17.4 Å². The highest BCUT2D eigenvalue weighted by molar-refractivity contribution is 5.78. The Bertz CT molecular complexity index is 695. The molecule has 0 unspecified atom stereocenters. The summed E-state index contributed by atoms with van der Waals surface area (Å²) >= 11 is 0. The number of nitrogens with one attached hydrogen (secondary N) is 1. The fourth-order valence-corrected chi connectivity index (χ4v) is 2.27. The van der Waals surface area contributed by atoms with Crippen molar-refractivity contribution in [2.45, 2.75) is 26.4 Å². The Balaban J connectivity index is 1.99. The van der Waals surface area contributed by atoms with E-state index in [1.165, 1.54) is 6.07 Å². The first-order chi connectivity index (χ1) is 11.8. The van der Waals surface area contributed by atoms with Crippen LogP contribution in [-0.4, -0.2) is 34.1 Å². The number of anilines is 2. The zero-order chi connectivity index (χ0) is 18.4. The molecule has 25 heavy (non-hydrogen) atoms. The van der Waals surface area contributed by atoms with Crippen molar-refractivity contribution in [2.24, 2.45) is 0 Å².